The number of halogens is 4. The number of hydrogen-bond acceptors (Lipinski definition) is 6. The summed E-state index contributed by atoms with van der Waals surface area (Å²) in [6, 6.07) is 0. The molecular weight excluding hydrogens is 412 g/mol. The van der Waals surface area contributed by atoms with E-state index in [2.05, 4.69) is 0 Å². The quantitative estimate of drug-likeness (QED) is 0.268. The molecule has 4 N–H and O–H groups in total. The molecule has 0 aromatic carbocycles. The van der Waals surface area contributed by atoms with Gasteiger partial charge in [-0.25, -0.2) is 0 Å². The lowest BCUT2D eigenvalue weighted by molar-refractivity contribution is 0.0330. The first-order chi connectivity index (χ1) is 11.3. The molecule has 8 nitrogen and oxygen atoms in total. The Labute approximate surface area is 150 Å². The average Bonchev–Trinajstić information content (AvgIpc) is 2.43. The molecule has 0 fully saturated rings. The largest absolute Gasteiger partial charge is 0.396 e. The van der Waals surface area contributed by atoms with Crippen LogP contribution in [0.25, 0.3) is 0 Å². The highest BCUT2D eigenvalue weighted by Crippen LogP contribution is 2.29. The van der Waals surface area contributed by atoms with Gasteiger partial charge in [0.1, 0.15) is 0 Å². The van der Waals surface area contributed by atoms with Crippen molar-refractivity contribution in [2.75, 3.05) is 13.2 Å². The minimum absolute atomic E-state index is 0.195. The van der Waals surface area contributed by atoms with Gasteiger partial charge in [-0.15, -0.1) is 0 Å². The van der Waals surface area contributed by atoms with Crippen LogP contribution in [-0.2, 0) is 20.2 Å². The van der Waals surface area contributed by atoms with Crippen LogP contribution in [0, 0.1) is 11.8 Å². The Bertz CT molecular complexity index is 522. The predicted molar refractivity (Wildman–Crippen MR) is 86.1 cm³/mol. The fraction of sp³-hybridized carbons (Fsp3) is 1.00. The summed E-state index contributed by atoms with van der Waals surface area (Å²) >= 11 is 0. The second-order valence-corrected chi connectivity index (χ2v) is 8.53. The zero-order valence-corrected chi connectivity index (χ0v) is 16.4. The van der Waals surface area contributed by atoms with Crippen LogP contribution in [0.1, 0.15) is 40.5 Å². The summed E-state index contributed by atoms with van der Waals surface area (Å²) in [7, 11) is -10.5. The van der Waals surface area contributed by atoms with Crippen LogP contribution >= 0.6 is 0 Å². The van der Waals surface area contributed by atoms with Gasteiger partial charge in [-0.3, -0.25) is 9.11 Å². The molecule has 0 aliphatic rings. The summed E-state index contributed by atoms with van der Waals surface area (Å²) in [5.41, 5.74) is 0. The summed E-state index contributed by atoms with van der Waals surface area (Å²) in [6.45, 7) is 4.42. The van der Waals surface area contributed by atoms with Crippen LogP contribution in [-0.4, -0.2) is 59.9 Å². The second-order valence-electron chi connectivity index (χ2n) is 5.54. The van der Waals surface area contributed by atoms with Crippen LogP contribution in [0.2, 0.25) is 0 Å². The number of unbranched alkanes of at least 4 members (excludes halogenated alkanes) is 1. The molecule has 26 heavy (non-hydrogen) atoms. The zero-order chi connectivity index (χ0) is 22.0. The molecule has 0 atom stereocenters. The molecule has 14 heteroatoms. The van der Waals surface area contributed by atoms with Crippen molar-refractivity contribution in [3.05, 3.63) is 0 Å². The van der Waals surface area contributed by atoms with Gasteiger partial charge in [-0.2, -0.15) is 34.4 Å². The van der Waals surface area contributed by atoms with E-state index in [4.69, 9.17) is 19.3 Å². The topological polar surface area (TPSA) is 149 Å². The lowest BCUT2D eigenvalue weighted by atomic mass is 10.2. The smallest absolute Gasteiger partial charge is 0.372 e. The summed E-state index contributed by atoms with van der Waals surface area (Å²) < 4.78 is 104. The Morgan fingerprint density at radius 1 is 0.692 bits per heavy atom. The molecule has 0 rings (SSSR count). The lowest BCUT2D eigenvalue weighted by Gasteiger charge is -2.15. The Morgan fingerprint density at radius 2 is 0.885 bits per heavy atom. The van der Waals surface area contributed by atoms with Crippen LogP contribution < -0.4 is 0 Å². The van der Waals surface area contributed by atoms with Gasteiger partial charge in [-0.1, -0.05) is 27.7 Å². The highest BCUT2D eigenvalue weighted by atomic mass is 32.2. The highest BCUT2D eigenvalue weighted by Gasteiger charge is 2.47. The second kappa shape index (κ2) is 12.0. The van der Waals surface area contributed by atoms with Crippen molar-refractivity contribution < 1.29 is 53.7 Å². The van der Waals surface area contributed by atoms with Crippen LogP contribution in [0.4, 0.5) is 17.6 Å². The first-order valence-electron chi connectivity index (χ1n) is 7.22. The number of rotatable bonds is 7. The minimum atomic E-state index is -5.23. The van der Waals surface area contributed by atoms with E-state index in [1.54, 1.807) is 0 Å². The van der Waals surface area contributed by atoms with Crippen molar-refractivity contribution in [2.45, 2.75) is 51.0 Å². The van der Waals surface area contributed by atoms with Gasteiger partial charge in [-0.05, 0) is 12.8 Å². The van der Waals surface area contributed by atoms with Crippen molar-refractivity contribution >= 4 is 20.2 Å². The van der Waals surface area contributed by atoms with E-state index in [0.29, 0.717) is 0 Å². The molecule has 0 bridgehead atoms. The number of hydrogen-bond donors (Lipinski definition) is 4. The Balaban J connectivity index is -0.000000316. The molecular formula is C12H26F4O8S2. The van der Waals surface area contributed by atoms with Crippen LogP contribution in [0.3, 0.4) is 0 Å². The molecule has 0 saturated heterocycles. The average molecular weight is 438 g/mol. The SMILES string of the molecule is CC(C)C(F)(F)S(=O)(=O)O.CC(C)C(F)(F)S(=O)(=O)O.OCCCCO. The normalized spacial score (nSPS) is 13.0. The van der Waals surface area contributed by atoms with E-state index in [0.717, 1.165) is 40.5 Å². The minimum Gasteiger partial charge on any atom is -0.396 e. The van der Waals surface area contributed by atoms with Gasteiger partial charge in [0.05, 0.1) is 0 Å². The van der Waals surface area contributed by atoms with Gasteiger partial charge in [0.25, 0.3) is 0 Å². The highest BCUT2D eigenvalue weighted by molar-refractivity contribution is 7.87. The molecule has 0 aromatic rings. The Kier molecular flexibility index (Phi) is 14.0. The van der Waals surface area contributed by atoms with E-state index < -0.39 is 42.6 Å². The Hall–Kier alpha value is -0.540. The Morgan fingerprint density at radius 3 is 0.923 bits per heavy atom. The van der Waals surface area contributed by atoms with Gasteiger partial charge < -0.3 is 10.2 Å². The fourth-order valence-electron chi connectivity index (χ4n) is 0.819. The van der Waals surface area contributed by atoms with Gasteiger partial charge in [0.15, 0.2) is 0 Å². The fourth-order valence-corrected chi connectivity index (χ4v) is 2.01. The molecule has 162 valence electrons. The van der Waals surface area contributed by atoms with E-state index in [9.17, 15) is 34.4 Å². The number of aliphatic hydroxyl groups excluding tert-OH is 2. The lowest BCUT2D eigenvalue weighted by Crippen LogP contribution is -2.33. The van der Waals surface area contributed by atoms with E-state index in [-0.39, 0.29) is 13.2 Å². The van der Waals surface area contributed by atoms with Gasteiger partial charge in [0, 0.05) is 25.0 Å². The molecule has 0 spiro atoms. The molecule has 0 amide bonds. The summed E-state index contributed by atoms with van der Waals surface area (Å²) in [5, 5.41) is 8.10. The van der Waals surface area contributed by atoms with Crippen molar-refractivity contribution in [2.24, 2.45) is 11.8 Å². The molecule has 0 unspecified atom stereocenters. The molecule has 0 aliphatic heterocycles. The molecule has 0 heterocycles. The van der Waals surface area contributed by atoms with Crippen molar-refractivity contribution in [3.63, 3.8) is 0 Å². The van der Waals surface area contributed by atoms with E-state index >= 15 is 0 Å². The summed E-state index contributed by atoms with van der Waals surface area (Å²) in [4.78, 5) is 0. The third-order valence-corrected chi connectivity index (χ3v) is 4.92. The van der Waals surface area contributed by atoms with Crippen molar-refractivity contribution in [1.29, 1.82) is 0 Å². The van der Waals surface area contributed by atoms with Crippen LogP contribution in [0.15, 0.2) is 0 Å². The van der Waals surface area contributed by atoms with E-state index in [1.165, 1.54) is 0 Å². The van der Waals surface area contributed by atoms with Crippen molar-refractivity contribution in [1.82, 2.24) is 0 Å². The summed E-state index contributed by atoms with van der Waals surface area (Å²) in [5.74, 6) is -2.83. The molecule has 0 aromatic heterocycles. The third kappa shape index (κ3) is 11.2. The maximum Gasteiger partial charge on any atom is 0.372 e. The first-order valence-corrected chi connectivity index (χ1v) is 10.1. The third-order valence-electron chi connectivity index (χ3n) is 2.60. The maximum atomic E-state index is 12.2. The monoisotopic (exact) mass is 438 g/mol. The number of aliphatic hydroxyl groups is 2. The number of alkyl halides is 4. The van der Waals surface area contributed by atoms with Gasteiger partial charge >= 0.3 is 30.7 Å². The van der Waals surface area contributed by atoms with Gasteiger partial charge in [0.2, 0.25) is 0 Å². The van der Waals surface area contributed by atoms with Crippen molar-refractivity contribution in [3.8, 4) is 0 Å². The van der Waals surface area contributed by atoms with Crippen LogP contribution in [0.5, 0.6) is 0 Å². The predicted octanol–water partition coefficient (Wildman–Crippen LogP) is 2.00. The zero-order valence-electron chi connectivity index (χ0n) is 14.7. The first kappa shape index (κ1) is 30.2. The summed E-state index contributed by atoms with van der Waals surface area (Å²) in [6.07, 6.45) is 1.44. The maximum absolute atomic E-state index is 12.2. The standard InChI is InChI=1S/2C4H8F2O3S.C4H10O2/c2*1-3(2)4(5,6)10(7,8)9;5-3-1-2-4-6/h2*3H,1-2H3,(H,7,8,9);5-6H,1-4H2. The molecule has 0 radical (unpaired) electrons. The van der Waals surface area contributed by atoms with E-state index in [1.807, 2.05) is 0 Å². The molecule has 0 aliphatic carbocycles. The molecule has 0 saturated carbocycles.